The topological polar surface area (TPSA) is 68.7 Å². The molecule has 41 heavy (non-hydrogen) atoms. The quantitative estimate of drug-likeness (QED) is 0.0861. The first-order chi connectivity index (χ1) is 20.2. The number of aromatic nitrogens is 2. The lowest BCUT2D eigenvalue weighted by atomic mass is 10.1. The number of pyridine rings is 2. The molecule has 0 atom stereocenters. The van der Waals surface area contributed by atoms with Gasteiger partial charge in [-0.1, -0.05) is 68.5 Å². The number of rotatable bonds is 12. The van der Waals surface area contributed by atoms with Crippen LogP contribution in [0.1, 0.15) is 44.9 Å². The number of aromatic hydroxyl groups is 2. The SMILES string of the molecule is Oc1cccc2c(SCCCCCCCCCSc3c4ccccc4[nH+]c4c(O)cccc34)c3ccccc3[nH+]c12. The largest absolute Gasteiger partial charge is 0.502 e. The first-order valence-corrected chi connectivity index (χ1v) is 16.5. The van der Waals surface area contributed by atoms with Gasteiger partial charge in [0.2, 0.25) is 11.0 Å². The highest BCUT2D eigenvalue weighted by Gasteiger charge is 2.18. The standard InChI is InChI=1S/C35H34N2O2S2/c38-30-20-12-16-26-32(30)36-28-18-8-6-14-24(28)34(26)40-22-10-4-2-1-3-5-11-23-41-35-25-15-7-9-19-29(25)37-33-27(35)17-13-21-31(33)39/h6-9,12-21,38-39H,1-5,10-11,22-23H2/p+2. The predicted molar refractivity (Wildman–Crippen MR) is 173 cm³/mol. The summed E-state index contributed by atoms with van der Waals surface area (Å²) in [7, 11) is 0. The second-order valence-corrected chi connectivity index (χ2v) is 12.8. The number of phenols is 2. The van der Waals surface area contributed by atoms with Crippen molar-refractivity contribution >= 4 is 67.1 Å². The van der Waals surface area contributed by atoms with E-state index in [1.807, 2.05) is 47.8 Å². The minimum atomic E-state index is 0.303. The van der Waals surface area contributed by atoms with Crippen LogP contribution in [0.4, 0.5) is 0 Å². The van der Waals surface area contributed by atoms with E-state index in [9.17, 15) is 10.2 Å². The number of para-hydroxylation sites is 4. The van der Waals surface area contributed by atoms with Gasteiger partial charge in [-0.05, 0) is 60.7 Å². The number of nitrogens with one attached hydrogen (secondary N) is 2. The number of thioether (sulfide) groups is 2. The summed E-state index contributed by atoms with van der Waals surface area (Å²) < 4.78 is 0. The van der Waals surface area contributed by atoms with E-state index in [1.54, 1.807) is 12.1 Å². The van der Waals surface area contributed by atoms with Crippen molar-refractivity contribution in [3.05, 3.63) is 84.9 Å². The normalized spacial score (nSPS) is 11.7. The molecular weight excluding hydrogens is 545 g/mol. The maximum atomic E-state index is 10.4. The summed E-state index contributed by atoms with van der Waals surface area (Å²) in [5.74, 6) is 2.77. The number of benzene rings is 4. The summed E-state index contributed by atoms with van der Waals surface area (Å²) in [5, 5.41) is 25.4. The predicted octanol–water partition coefficient (Wildman–Crippen LogP) is 8.95. The Labute approximate surface area is 249 Å². The molecule has 2 heterocycles. The molecule has 0 radical (unpaired) electrons. The van der Waals surface area contributed by atoms with Crippen molar-refractivity contribution in [3.8, 4) is 11.5 Å². The van der Waals surface area contributed by atoms with Crippen molar-refractivity contribution < 1.29 is 20.2 Å². The first kappa shape index (κ1) is 27.7. The van der Waals surface area contributed by atoms with E-state index < -0.39 is 0 Å². The number of aromatic amines is 2. The molecule has 6 heteroatoms. The third-order valence-electron chi connectivity index (χ3n) is 7.72. The lowest BCUT2D eigenvalue weighted by Gasteiger charge is -2.08. The number of hydrogen-bond donors (Lipinski definition) is 2. The molecule has 0 aliphatic carbocycles. The van der Waals surface area contributed by atoms with E-state index >= 15 is 0 Å². The molecule has 0 aliphatic heterocycles. The summed E-state index contributed by atoms with van der Waals surface area (Å²) in [6, 6.07) is 28.3. The van der Waals surface area contributed by atoms with Gasteiger partial charge in [-0.2, -0.15) is 0 Å². The highest BCUT2D eigenvalue weighted by atomic mass is 32.2. The Balaban J connectivity index is 0.949. The van der Waals surface area contributed by atoms with Crippen molar-refractivity contribution in [2.24, 2.45) is 0 Å². The van der Waals surface area contributed by atoms with Crippen LogP contribution in [0.3, 0.4) is 0 Å². The van der Waals surface area contributed by atoms with Gasteiger partial charge in [0.05, 0.1) is 21.5 Å². The van der Waals surface area contributed by atoms with E-state index in [0.717, 1.165) is 44.3 Å². The minimum Gasteiger partial charge on any atom is -0.502 e. The molecule has 4 aromatic carbocycles. The van der Waals surface area contributed by atoms with Gasteiger partial charge >= 0.3 is 0 Å². The number of fused-ring (bicyclic) bond motifs is 4. The number of unbranched alkanes of at least 4 members (excludes halogenated alkanes) is 6. The van der Waals surface area contributed by atoms with Crippen molar-refractivity contribution in [3.63, 3.8) is 0 Å². The van der Waals surface area contributed by atoms with Crippen LogP contribution in [0.25, 0.3) is 43.6 Å². The van der Waals surface area contributed by atoms with E-state index in [-0.39, 0.29) is 0 Å². The molecular formula is C35H36N2O2S2+2. The smallest absolute Gasteiger partial charge is 0.254 e. The lowest BCUT2D eigenvalue weighted by molar-refractivity contribution is -0.311. The van der Waals surface area contributed by atoms with Crippen molar-refractivity contribution in [1.29, 1.82) is 0 Å². The Morgan fingerprint density at radius 1 is 0.439 bits per heavy atom. The monoisotopic (exact) mass is 580 g/mol. The van der Waals surface area contributed by atoms with Gasteiger partial charge in [0.1, 0.15) is 0 Å². The van der Waals surface area contributed by atoms with E-state index in [4.69, 9.17) is 0 Å². The van der Waals surface area contributed by atoms with Crippen LogP contribution >= 0.6 is 23.5 Å². The first-order valence-electron chi connectivity index (χ1n) is 14.6. The fraction of sp³-hybridized carbons (Fsp3) is 0.257. The zero-order chi connectivity index (χ0) is 28.0. The molecule has 2 aromatic heterocycles. The summed E-state index contributed by atoms with van der Waals surface area (Å²) in [4.78, 5) is 9.33. The Hall–Kier alpha value is -3.48. The Morgan fingerprint density at radius 2 is 0.829 bits per heavy atom. The van der Waals surface area contributed by atoms with Crippen LogP contribution in [-0.2, 0) is 0 Å². The Morgan fingerprint density at radius 3 is 1.29 bits per heavy atom. The molecule has 0 unspecified atom stereocenters. The molecule has 0 bridgehead atoms. The molecule has 0 saturated carbocycles. The maximum absolute atomic E-state index is 10.4. The van der Waals surface area contributed by atoms with Crippen LogP contribution in [0.5, 0.6) is 11.5 Å². The van der Waals surface area contributed by atoms with Crippen LogP contribution in [0, 0.1) is 0 Å². The summed E-state index contributed by atoms with van der Waals surface area (Å²) in [5.41, 5.74) is 3.76. The third-order valence-corrected chi connectivity index (χ3v) is 10.2. The fourth-order valence-corrected chi connectivity index (χ4v) is 8.03. The molecule has 0 spiro atoms. The molecule has 0 saturated heterocycles. The number of H-pyrrole nitrogens is 2. The van der Waals surface area contributed by atoms with Crippen LogP contribution < -0.4 is 9.97 Å². The molecule has 0 fully saturated rings. The molecule has 6 aromatic rings. The molecule has 208 valence electrons. The van der Waals surface area contributed by atoms with Crippen molar-refractivity contribution in [2.75, 3.05) is 11.5 Å². The second kappa shape index (κ2) is 13.0. The summed E-state index contributed by atoms with van der Waals surface area (Å²) >= 11 is 3.82. The van der Waals surface area contributed by atoms with Gasteiger partial charge in [-0.15, -0.1) is 23.5 Å². The fourth-order valence-electron chi connectivity index (χ4n) is 5.61. The minimum absolute atomic E-state index is 0.303. The average Bonchev–Trinajstić information content (AvgIpc) is 3.00. The second-order valence-electron chi connectivity index (χ2n) is 10.6. The summed E-state index contributed by atoms with van der Waals surface area (Å²) in [6.45, 7) is 0. The van der Waals surface area contributed by atoms with E-state index in [1.165, 1.54) is 65.5 Å². The highest BCUT2D eigenvalue weighted by molar-refractivity contribution is 8.00. The van der Waals surface area contributed by atoms with Crippen LogP contribution in [0.15, 0.2) is 94.7 Å². The molecule has 0 amide bonds. The average molecular weight is 581 g/mol. The molecule has 6 rings (SSSR count). The zero-order valence-corrected chi connectivity index (χ0v) is 24.8. The Kier molecular flexibility index (Phi) is 8.78. The van der Waals surface area contributed by atoms with Crippen molar-refractivity contribution in [2.45, 2.75) is 54.7 Å². The molecule has 4 N–H and O–H groups in total. The molecule has 4 nitrogen and oxygen atoms in total. The number of phenolic OH excluding ortho intramolecular Hbond substituents is 2. The van der Waals surface area contributed by atoms with Crippen molar-refractivity contribution in [1.82, 2.24) is 0 Å². The Bertz CT molecular complexity index is 1690. The molecule has 0 aliphatic rings. The van der Waals surface area contributed by atoms with Crippen LogP contribution in [-0.4, -0.2) is 21.7 Å². The van der Waals surface area contributed by atoms with Gasteiger partial charge in [0, 0.05) is 21.9 Å². The number of hydrogen-bond acceptors (Lipinski definition) is 4. The summed E-state index contributed by atoms with van der Waals surface area (Å²) in [6.07, 6.45) is 8.75. The highest BCUT2D eigenvalue weighted by Crippen LogP contribution is 2.37. The van der Waals surface area contributed by atoms with E-state index in [0.29, 0.717) is 11.5 Å². The van der Waals surface area contributed by atoms with Gasteiger partial charge in [0.15, 0.2) is 11.5 Å². The maximum Gasteiger partial charge on any atom is 0.254 e. The van der Waals surface area contributed by atoms with Gasteiger partial charge in [0.25, 0.3) is 11.0 Å². The van der Waals surface area contributed by atoms with Gasteiger partial charge in [-0.3, -0.25) is 0 Å². The van der Waals surface area contributed by atoms with Gasteiger partial charge < -0.3 is 10.2 Å². The van der Waals surface area contributed by atoms with Gasteiger partial charge in [-0.25, -0.2) is 9.97 Å². The van der Waals surface area contributed by atoms with Crippen LogP contribution in [0.2, 0.25) is 0 Å². The zero-order valence-electron chi connectivity index (χ0n) is 23.2. The third kappa shape index (κ3) is 6.09. The van der Waals surface area contributed by atoms with E-state index in [2.05, 4.69) is 58.5 Å². The lowest BCUT2D eigenvalue weighted by Crippen LogP contribution is -2.06.